The van der Waals surface area contributed by atoms with Crippen LogP contribution in [0.25, 0.3) is 0 Å². The van der Waals surface area contributed by atoms with Crippen LogP contribution >= 0.6 is 0 Å². The van der Waals surface area contributed by atoms with E-state index in [0.29, 0.717) is 25.1 Å². The van der Waals surface area contributed by atoms with Crippen LogP contribution in [0.15, 0.2) is 0 Å². The fourth-order valence-electron chi connectivity index (χ4n) is 7.26. The standard InChI is InChI=1S/C36H63N5O6S/c1-8-9-11-15-25-21-27(31(44)38-26(28(42)30(37)43)20-24-16-14-17-24)41(22-25)32(45)29(34(2,3)4)39-33(46)40-36(18-12-10-13-19-36)23-48(47)35(5,6)7/h24-27,29H,8-23H2,1-7H3,(H2,37,43)(H,38,44)(H2,39,40,46)/t25-,26?,27+,29-,48?/m1/s1. The molecule has 0 radical (unpaired) electrons. The van der Waals surface area contributed by atoms with E-state index in [-0.39, 0.29) is 17.7 Å². The minimum atomic E-state index is -1.18. The molecule has 2 saturated carbocycles. The molecule has 3 fully saturated rings. The number of rotatable bonds is 15. The Hall–Kier alpha value is -2.50. The lowest BCUT2D eigenvalue weighted by atomic mass is 9.80. The lowest BCUT2D eigenvalue weighted by Crippen LogP contribution is -2.63. The van der Waals surface area contributed by atoms with Gasteiger partial charge in [0.05, 0.1) is 11.6 Å². The molecule has 1 aliphatic heterocycles. The van der Waals surface area contributed by atoms with Crippen LogP contribution in [0.4, 0.5) is 4.79 Å². The Balaban J connectivity index is 1.84. The highest BCUT2D eigenvalue weighted by atomic mass is 32.2. The summed E-state index contributed by atoms with van der Waals surface area (Å²) in [5.41, 5.74) is 4.03. The third-order valence-corrected chi connectivity index (χ3v) is 12.7. The molecule has 3 aliphatic rings. The van der Waals surface area contributed by atoms with Gasteiger partial charge in [0.25, 0.3) is 5.91 Å². The van der Waals surface area contributed by atoms with Crippen molar-refractivity contribution in [2.75, 3.05) is 12.3 Å². The Morgan fingerprint density at radius 2 is 1.56 bits per heavy atom. The molecule has 0 spiro atoms. The van der Waals surface area contributed by atoms with Gasteiger partial charge in [-0.25, -0.2) is 4.79 Å². The number of unbranched alkanes of at least 4 members (excludes halogenated alkanes) is 2. The van der Waals surface area contributed by atoms with Crippen molar-refractivity contribution in [3.63, 3.8) is 0 Å². The molecular formula is C36H63N5O6S. The van der Waals surface area contributed by atoms with Gasteiger partial charge in [0, 0.05) is 27.8 Å². The normalized spacial score (nSPS) is 23.4. The van der Waals surface area contributed by atoms with E-state index >= 15 is 0 Å². The Kier molecular flexibility index (Phi) is 14.1. The highest BCUT2D eigenvalue weighted by Gasteiger charge is 2.46. The summed E-state index contributed by atoms with van der Waals surface area (Å²) in [5.74, 6) is -2.06. The summed E-state index contributed by atoms with van der Waals surface area (Å²) in [7, 11) is -1.18. The van der Waals surface area contributed by atoms with Crippen molar-refractivity contribution in [1.82, 2.24) is 20.9 Å². The summed E-state index contributed by atoms with van der Waals surface area (Å²) >= 11 is 0. The summed E-state index contributed by atoms with van der Waals surface area (Å²) < 4.78 is 12.8. The maximum Gasteiger partial charge on any atom is 0.315 e. The second-order valence-corrected chi connectivity index (χ2v) is 19.0. The van der Waals surface area contributed by atoms with E-state index in [1.165, 1.54) is 0 Å². The van der Waals surface area contributed by atoms with Crippen molar-refractivity contribution in [1.29, 1.82) is 0 Å². The van der Waals surface area contributed by atoms with E-state index in [1.807, 2.05) is 41.5 Å². The topological polar surface area (TPSA) is 168 Å². The van der Waals surface area contributed by atoms with Crippen LogP contribution in [0, 0.1) is 17.3 Å². The molecule has 0 aromatic heterocycles. The number of likely N-dealkylation sites (tertiary alicyclic amines) is 1. The lowest BCUT2D eigenvalue weighted by molar-refractivity contribution is -0.143. The number of nitrogens with zero attached hydrogens (tertiary/aromatic N) is 1. The maximum absolute atomic E-state index is 14.5. The molecule has 12 heteroatoms. The van der Waals surface area contributed by atoms with Gasteiger partial charge >= 0.3 is 6.03 Å². The number of primary amides is 1. The second kappa shape index (κ2) is 16.9. The van der Waals surface area contributed by atoms with Crippen LogP contribution in [0.3, 0.4) is 0 Å². The zero-order valence-corrected chi connectivity index (χ0v) is 31.4. The van der Waals surface area contributed by atoms with Crippen molar-refractivity contribution in [2.45, 2.75) is 167 Å². The molecule has 5 atom stereocenters. The van der Waals surface area contributed by atoms with Gasteiger partial charge in [0.2, 0.25) is 17.6 Å². The van der Waals surface area contributed by atoms with Gasteiger partial charge in [0.15, 0.2) is 0 Å². The Bertz CT molecular complexity index is 1180. The molecule has 0 aromatic carbocycles. The molecule has 11 nitrogen and oxygen atoms in total. The molecule has 2 aliphatic carbocycles. The van der Waals surface area contributed by atoms with E-state index in [9.17, 15) is 28.2 Å². The molecule has 5 N–H and O–H groups in total. The Labute approximate surface area is 290 Å². The quantitative estimate of drug-likeness (QED) is 0.146. The zero-order valence-electron chi connectivity index (χ0n) is 30.6. The number of Topliss-reactive ketones (excluding diaryl/α,β-unsaturated/α-hetero) is 1. The zero-order chi connectivity index (χ0) is 35.9. The van der Waals surface area contributed by atoms with Crippen LogP contribution in [0.1, 0.15) is 138 Å². The van der Waals surface area contributed by atoms with E-state index < -0.39 is 68.3 Å². The van der Waals surface area contributed by atoms with Gasteiger partial charge < -0.3 is 26.6 Å². The number of carbonyl (C=O) groups excluding carboxylic acids is 5. The van der Waals surface area contributed by atoms with Crippen LogP contribution in [-0.2, 0) is 30.0 Å². The molecule has 3 rings (SSSR count). The number of carbonyl (C=O) groups is 5. The van der Waals surface area contributed by atoms with Gasteiger partial charge in [0.1, 0.15) is 12.1 Å². The average molecular weight is 694 g/mol. The van der Waals surface area contributed by atoms with Gasteiger partial charge in [-0.1, -0.05) is 85.5 Å². The smallest absolute Gasteiger partial charge is 0.315 e. The highest BCUT2D eigenvalue weighted by Crippen LogP contribution is 2.34. The predicted molar refractivity (Wildman–Crippen MR) is 189 cm³/mol. The molecule has 48 heavy (non-hydrogen) atoms. The van der Waals surface area contributed by atoms with Crippen molar-refractivity contribution >= 4 is 40.3 Å². The van der Waals surface area contributed by atoms with E-state index in [4.69, 9.17) is 5.73 Å². The molecule has 5 amide bonds. The monoisotopic (exact) mass is 693 g/mol. The predicted octanol–water partition coefficient (Wildman–Crippen LogP) is 4.48. The molecular weight excluding hydrogens is 630 g/mol. The van der Waals surface area contributed by atoms with Crippen LogP contribution in [-0.4, -0.2) is 79.4 Å². The molecule has 1 saturated heterocycles. The van der Waals surface area contributed by atoms with E-state index in [0.717, 1.165) is 77.0 Å². The van der Waals surface area contributed by atoms with E-state index in [2.05, 4.69) is 22.9 Å². The van der Waals surface area contributed by atoms with Gasteiger partial charge in [-0.3, -0.25) is 23.4 Å². The first-order valence-corrected chi connectivity index (χ1v) is 19.6. The third-order valence-electron chi connectivity index (χ3n) is 10.5. The minimum Gasteiger partial charge on any atom is -0.363 e. The Morgan fingerprint density at radius 3 is 2.08 bits per heavy atom. The fourth-order valence-corrected chi connectivity index (χ4v) is 8.56. The number of ketones is 1. The molecule has 0 aromatic rings. The summed E-state index contributed by atoms with van der Waals surface area (Å²) in [5, 5.41) is 8.94. The van der Waals surface area contributed by atoms with Crippen molar-refractivity contribution in [3.8, 4) is 0 Å². The van der Waals surface area contributed by atoms with Crippen molar-refractivity contribution in [2.24, 2.45) is 23.0 Å². The lowest BCUT2D eigenvalue weighted by Gasteiger charge is -2.41. The second-order valence-electron chi connectivity index (χ2n) is 16.8. The van der Waals surface area contributed by atoms with Crippen LogP contribution < -0.4 is 21.7 Å². The molecule has 274 valence electrons. The number of nitrogens with one attached hydrogen (secondary N) is 3. The third kappa shape index (κ3) is 11.0. The van der Waals surface area contributed by atoms with Gasteiger partial charge in [-0.05, 0) is 70.1 Å². The molecule has 2 unspecified atom stereocenters. The Morgan fingerprint density at radius 1 is 0.917 bits per heavy atom. The van der Waals surface area contributed by atoms with Crippen molar-refractivity contribution in [3.05, 3.63) is 0 Å². The van der Waals surface area contributed by atoms with Crippen LogP contribution in [0.2, 0.25) is 0 Å². The average Bonchev–Trinajstić information content (AvgIpc) is 3.40. The summed E-state index contributed by atoms with van der Waals surface area (Å²) in [6.45, 7) is 13.9. The largest absolute Gasteiger partial charge is 0.363 e. The number of urea groups is 1. The summed E-state index contributed by atoms with van der Waals surface area (Å²) in [4.78, 5) is 68.3. The number of hydrogen-bond acceptors (Lipinski definition) is 6. The van der Waals surface area contributed by atoms with Crippen molar-refractivity contribution < 1.29 is 28.2 Å². The fraction of sp³-hybridized carbons (Fsp3) is 0.861. The first kappa shape index (κ1) is 39.9. The van der Waals surface area contributed by atoms with Crippen LogP contribution in [0.5, 0.6) is 0 Å². The summed E-state index contributed by atoms with van der Waals surface area (Å²) in [6, 6.07) is -3.30. The maximum atomic E-state index is 14.5. The molecule has 1 heterocycles. The highest BCUT2D eigenvalue weighted by molar-refractivity contribution is 7.86. The molecule has 0 bridgehead atoms. The van der Waals surface area contributed by atoms with Gasteiger partial charge in [-0.2, -0.15) is 0 Å². The minimum absolute atomic E-state index is 0.0838. The summed E-state index contributed by atoms with van der Waals surface area (Å²) in [6.07, 6.45) is 12.0. The van der Waals surface area contributed by atoms with Gasteiger partial charge in [-0.15, -0.1) is 0 Å². The number of nitrogens with two attached hydrogens (primary N) is 1. The number of amides is 5. The first-order valence-electron chi connectivity index (χ1n) is 18.3. The van der Waals surface area contributed by atoms with E-state index in [1.54, 1.807) is 4.90 Å². The SMILES string of the molecule is CCCCC[C@@H]1C[C@@H](C(=O)NC(CC2CCC2)C(=O)C(N)=O)N(C(=O)[C@@H](NC(=O)NC2(CS(=O)C(C)(C)C)CCCCC2)C(C)(C)C)C1. The number of hydrogen-bond donors (Lipinski definition) is 4. The first-order chi connectivity index (χ1) is 22.4.